The maximum atomic E-state index is 11.4. The van der Waals surface area contributed by atoms with E-state index < -0.39 is 0 Å². The number of rotatable bonds is 2. The van der Waals surface area contributed by atoms with E-state index in [2.05, 4.69) is 0 Å². The van der Waals surface area contributed by atoms with E-state index in [0.29, 0.717) is 10.2 Å². The van der Waals surface area contributed by atoms with Gasteiger partial charge < -0.3 is 0 Å². The third-order valence-corrected chi connectivity index (χ3v) is 3.92. The van der Waals surface area contributed by atoms with Crippen LogP contribution in [0.3, 0.4) is 0 Å². The third-order valence-electron chi connectivity index (χ3n) is 2.23. The fourth-order valence-electron chi connectivity index (χ4n) is 1.31. The average Bonchev–Trinajstić information content (AvgIpc) is 2.29. The summed E-state index contributed by atoms with van der Waals surface area (Å²) in [5.74, 6) is 0.838. The number of nitrogens with zero attached hydrogens (tertiary/aromatic N) is 1. The number of hydrogen-bond donors (Lipinski definition) is 0. The maximum absolute atomic E-state index is 11.4. The van der Waals surface area contributed by atoms with Crippen LogP contribution in [0.5, 0.6) is 0 Å². The molecule has 0 aromatic rings. The maximum Gasteiger partial charge on any atom is 0.330 e. The van der Waals surface area contributed by atoms with Gasteiger partial charge in [-0.15, -0.1) is 0 Å². The zero-order valence-electron chi connectivity index (χ0n) is 6.79. The van der Waals surface area contributed by atoms with Gasteiger partial charge in [-0.25, -0.2) is 9.28 Å². The van der Waals surface area contributed by atoms with Crippen molar-refractivity contribution in [3.05, 3.63) is 0 Å². The number of thioether (sulfide) groups is 1. The van der Waals surface area contributed by atoms with Gasteiger partial charge in [0.05, 0.1) is 13.1 Å². The largest absolute Gasteiger partial charge is 0.330 e. The molecule has 1 heterocycles. The lowest BCUT2D eigenvalue weighted by Gasteiger charge is -2.26. The van der Waals surface area contributed by atoms with Crippen LogP contribution in [0.2, 0.25) is 0 Å². The fourth-order valence-corrected chi connectivity index (χ4v) is 2.94. The Morgan fingerprint density at radius 2 is 2.09 bits per heavy atom. The summed E-state index contributed by atoms with van der Waals surface area (Å²) in [7, 11) is 0. The highest BCUT2D eigenvalue weighted by molar-refractivity contribution is 8.23. The highest BCUT2D eigenvalue weighted by atomic mass is 32.2. The SMILES string of the molecule is CC[N+]1(CC)C(=O)CSC1=S. The second-order valence-electron chi connectivity index (χ2n) is 2.55. The molecule has 0 aliphatic carbocycles. The molecule has 62 valence electrons. The van der Waals surface area contributed by atoms with Gasteiger partial charge in [-0.2, -0.15) is 0 Å². The molecule has 0 saturated carbocycles. The zero-order valence-corrected chi connectivity index (χ0v) is 8.43. The van der Waals surface area contributed by atoms with Crippen LogP contribution in [0.15, 0.2) is 0 Å². The van der Waals surface area contributed by atoms with Crippen molar-refractivity contribution in [3.63, 3.8) is 0 Å². The summed E-state index contributed by atoms with van der Waals surface area (Å²) in [6.07, 6.45) is 0. The van der Waals surface area contributed by atoms with E-state index in [-0.39, 0.29) is 5.91 Å². The molecule has 2 nitrogen and oxygen atoms in total. The zero-order chi connectivity index (χ0) is 8.48. The Labute approximate surface area is 76.5 Å². The monoisotopic (exact) mass is 190 g/mol. The number of carbonyl (C=O) groups excluding carboxylic acids is 1. The summed E-state index contributed by atoms with van der Waals surface area (Å²) in [6.45, 7) is 5.64. The van der Waals surface area contributed by atoms with Crippen molar-refractivity contribution in [2.45, 2.75) is 13.8 Å². The van der Waals surface area contributed by atoms with Crippen LogP contribution in [0.25, 0.3) is 0 Å². The van der Waals surface area contributed by atoms with Crippen molar-refractivity contribution in [2.24, 2.45) is 0 Å². The van der Waals surface area contributed by atoms with Crippen molar-refractivity contribution in [1.29, 1.82) is 0 Å². The number of quaternary nitrogens is 1. The third kappa shape index (κ3) is 1.23. The molecule has 0 N–H and O–H groups in total. The molecule has 0 radical (unpaired) electrons. The van der Waals surface area contributed by atoms with Crippen LogP contribution >= 0.6 is 24.0 Å². The molecule has 0 aromatic carbocycles. The minimum absolute atomic E-state index is 0.269. The van der Waals surface area contributed by atoms with Gasteiger partial charge in [0.2, 0.25) is 4.32 Å². The first-order valence-electron chi connectivity index (χ1n) is 3.75. The molecule has 1 rings (SSSR count). The molecule has 1 aliphatic heterocycles. The Bertz CT molecular complexity index is 181. The van der Waals surface area contributed by atoms with Gasteiger partial charge in [-0.3, -0.25) is 0 Å². The Morgan fingerprint density at radius 3 is 2.27 bits per heavy atom. The number of hydrogen-bond acceptors (Lipinski definition) is 3. The molecule has 1 amide bonds. The first-order valence-corrected chi connectivity index (χ1v) is 5.14. The van der Waals surface area contributed by atoms with Gasteiger partial charge in [0.25, 0.3) is 0 Å². The van der Waals surface area contributed by atoms with Crippen LogP contribution in [0.1, 0.15) is 13.8 Å². The van der Waals surface area contributed by atoms with E-state index in [1.54, 1.807) is 0 Å². The molecule has 0 unspecified atom stereocenters. The van der Waals surface area contributed by atoms with E-state index in [0.717, 1.165) is 17.4 Å². The van der Waals surface area contributed by atoms with Crippen molar-refractivity contribution < 1.29 is 9.28 Å². The highest BCUT2D eigenvalue weighted by Gasteiger charge is 2.44. The van der Waals surface area contributed by atoms with E-state index in [1.165, 1.54) is 11.8 Å². The van der Waals surface area contributed by atoms with E-state index in [1.807, 2.05) is 13.8 Å². The van der Waals surface area contributed by atoms with Crippen molar-refractivity contribution >= 4 is 34.2 Å². The molecule has 1 saturated heterocycles. The van der Waals surface area contributed by atoms with Gasteiger partial charge in [-0.1, -0.05) is 0 Å². The lowest BCUT2D eigenvalue weighted by Crippen LogP contribution is -2.51. The lowest BCUT2D eigenvalue weighted by molar-refractivity contribution is -0.750. The van der Waals surface area contributed by atoms with Crippen LogP contribution in [0, 0.1) is 0 Å². The van der Waals surface area contributed by atoms with Crippen LogP contribution in [-0.4, -0.2) is 33.6 Å². The predicted octanol–water partition coefficient (Wildman–Crippen LogP) is 1.40. The van der Waals surface area contributed by atoms with Crippen LogP contribution < -0.4 is 0 Å². The lowest BCUT2D eigenvalue weighted by atomic mass is 10.4. The summed E-state index contributed by atoms with van der Waals surface area (Å²) in [5, 5.41) is 0. The number of carbonyl (C=O) groups is 1. The van der Waals surface area contributed by atoms with E-state index >= 15 is 0 Å². The molecular formula is C7H12NOS2+. The quantitative estimate of drug-likeness (QED) is 0.484. The minimum atomic E-state index is 0.269. The molecule has 11 heavy (non-hydrogen) atoms. The van der Waals surface area contributed by atoms with Gasteiger partial charge in [-0.05, 0) is 37.8 Å². The van der Waals surface area contributed by atoms with Crippen molar-refractivity contribution in [1.82, 2.24) is 0 Å². The normalized spacial score (nSPS) is 22.7. The van der Waals surface area contributed by atoms with Crippen LogP contribution in [0.4, 0.5) is 0 Å². The molecule has 0 aromatic heterocycles. The van der Waals surface area contributed by atoms with Crippen molar-refractivity contribution in [2.75, 3.05) is 18.8 Å². The number of thiocarbonyl (C=S) groups is 1. The molecule has 0 spiro atoms. The Morgan fingerprint density at radius 1 is 1.55 bits per heavy atom. The smallest absolute Gasteiger partial charge is 0.229 e. The van der Waals surface area contributed by atoms with Gasteiger partial charge in [0, 0.05) is 0 Å². The summed E-state index contributed by atoms with van der Waals surface area (Å²) in [5.41, 5.74) is 0. The second kappa shape index (κ2) is 3.21. The standard InChI is InChI=1S/C7H12NOS2/c1-3-8(4-2)6(9)5-11-7(8)10/h3-5H2,1-2H3/q+1. The van der Waals surface area contributed by atoms with Crippen molar-refractivity contribution in [3.8, 4) is 0 Å². The Kier molecular flexibility index (Phi) is 2.67. The Balaban J connectivity index is 2.94. The van der Waals surface area contributed by atoms with Gasteiger partial charge in [0.1, 0.15) is 5.75 Å². The minimum Gasteiger partial charge on any atom is -0.229 e. The topological polar surface area (TPSA) is 17.1 Å². The molecule has 0 atom stereocenters. The number of amides is 1. The summed E-state index contributed by atoms with van der Waals surface area (Å²) in [4.78, 5) is 11.4. The molecule has 0 bridgehead atoms. The predicted molar refractivity (Wildman–Crippen MR) is 51.4 cm³/mol. The van der Waals surface area contributed by atoms with E-state index in [9.17, 15) is 4.79 Å². The highest BCUT2D eigenvalue weighted by Crippen LogP contribution is 2.27. The van der Waals surface area contributed by atoms with Gasteiger partial charge >= 0.3 is 5.91 Å². The summed E-state index contributed by atoms with van der Waals surface area (Å²) in [6, 6.07) is 0. The second-order valence-corrected chi connectivity index (χ2v) is 4.16. The first kappa shape index (κ1) is 9.16. The molecule has 1 fully saturated rings. The van der Waals surface area contributed by atoms with Crippen LogP contribution in [-0.2, 0) is 4.79 Å². The summed E-state index contributed by atoms with van der Waals surface area (Å²) < 4.78 is 1.26. The molecular weight excluding hydrogens is 178 g/mol. The molecule has 4 heteroatoms. The Hall–Kier alpha value is 0.0700. The van der Waals surface area contributed by atoms with Gasteiger partial charge in [0.15, 0.2) is 0 Å². The average molecular weight is 190 g/mol. The first-order chi connectivity index (χ1) is 5.17. The van der Waals surface area contributed by atoms with E-state index in [4.69, 9.17) is 12.2 Å². The summed E-state index contributed by atoms with van der Waals surface area (Å²) >= 11 is 6.66. The fraction of sp³-hybridized carbons (Fsp3) is 0.714. The molecule has 1 aliphatic rings.